The molecule has 2 aliphatic heterocycles. The minimum atomic E-state index is -4.76. The fourth-order valence-electron chi connectivity index (χ4n) is 3.33. The van der Waals surface area contributed by atoms with Crippen molar-refractivity contribution in [1.82, 2.24) is 10.6 Å². The van der Waals surface area contributed by atoms with Crippen LogP contribution in [0.2, 0.25) is 0 Å². The van der Waals surface area contributed by atoms with Gasteiger partial charge in [0.1, 0.15) is 5.75 Å². The summed E-state index contributed by atoms with van der Waals surface area (Å²) in [5.41, 5.74) is -0.881. The minimum Gasteiger partial charge on any atom is -0.504 e. The quantitative estimate of drug-likeness (QED) is 0.529. The highest BCUT2D eigenvalue weighted by molar-refractivity contribution is 8.18. The second kappa shape index (κ2) is 10.4. The molecule has 3 N–H and O–H groups in total. The van der Waals surface area contributed by atoms with Crippen molar-refractivity contribution < 1.29 is 32.5 Å². The molecule has 0 spiro atoms. The maximum absolute atomic E-state index is 13.4. The number of carbonyl (C=O) groups excluding carboxylic acids is 1. The van der Waals surface area contributed by atoms with Crippen LogP contribution >= 0.6 is 11.8 Å². The standard InChI is InChI=1S/C23H19F3N4O4S/c24-23(25,26)16-7-14(10-27)2-3-18(16)34-19-4-1-13(8-17(19)31)9-20-21(32)30-22(35-20)29-12-15-11-28-5-6-33-15/h1-4,7-9,15,28,31H,5-6,11-12H2,(H,29,30,32)/b20-9-. The molecule has 1 unspecified atom stereocenters. The molecule has 2 aromatic carbocycles. The van der Waals surface area contributed by atoms with Crippen LogP contribution in [-0.2, 0) is 15.7 Å². The Labute approximate surface area is 202 Å². The molecule has 0 radical (unpaired) electrons. The SMILES string of the molecule is N#Cc1ccc(Oc2ccc(/C=C3\SC(NCC4CNCCO4)=NC3=O)cc2O)c(C(F)(F)F)c1. The van der Waals surface area contributed by atoms with Crippen LogP contribution < -0.4 is 15.4 Å². The lowest BCUT2D eigenvalue weighted by molar-refractivity contribution is -0.138. The number of alkyl halides is 3. The van der Waals surface area contributed by atoms with Gasteiger partial charge in [-0.3, -0.25) is 4.79 Å². The van der Waals surface area contributed by atoms with Crippen molar-refractivity contribution in [2.24, 2.45) is 4.99 Å². The van der Waals surface area contributed by atoms with Crippen LogP contribution in [0.3, 0.4) is 0 Å². The van der Waals surface area contributed by atoms with Crippen LogP contribution in [0.4, 0.5) is 13.2 Å². The fourth-order valence-corrected chi connectivity index (χ4v) is 4.15. The number of phenolic OH excluding ortho intramolecular Hbond substituents is 1. The number of aromatic hydroxyl groups is 1. The van der Waals surface area contributed by atoms with E-state index >= 15 is 0 Å². The molecule has 2 heterocycles. The van der Waals surface area contributed by atoms with Crippen molar-refractivity contribution in [1.29, 1.82) is 5.26 Å². The Morgan fingerprint density at radius 1 is 1.31 bits per heavy atom. The number of thioether (sulfide) groups is 1. The summed E-state index contributed by atoms with van der Waals surface area (Å²) >= 11 is 1.13. The Kier molecular flexibility index (Phi) is 7.30. The molecular formula is C23H19F3N4O4S. The van der Waals surface area contributed by atoms with Crippen LogP contribution in [-0.4, -0.2) is 48.5 Å². The van der Waals surface area contributed by atoms with Crippen LogP contribution in [0.25, 0.3) is 6.08 Å². The van der Waals surface area contributed by atoms with E-state index in [1.165, 1.54) is 30.3 Å². The average molecular weight is 504 g/mol. The molecule has 1 fully saturated rings. The molecule has 0 bridgehead atoms. The summed E-state index contributed by atoms with van der Waals surface area (Å²) in [6.45, 7) is 2.59. The minimum absolute atomic E-state index is 0.0337. The fraction of sp³-hybridized carbons (Fsp3) is 0.261. The van der Waals surface area contributed by atoms with Gasteiger partial charge in [-0.15, -0.1) is 0 Å². The maximum Gasteiger partial charge on any atom is 0.420 e. The highest BCUT2D eigenvalue weighted by Crippen LogP contribution is 2.41. The summed E-state index contributed by atoms with van der Waals surface area (Å²) in [6.07, 6.45) is -3.28. The molecule has 0 saturated carbocycles. The van der Waals surface area contributed by atoms with E-state index in [4.69, 9.17) is 14.7 Å². The van der Waals surface area contributed by atoms with Gasteiger partial charge in [-0.25, -0.2) is 0 Å². The zero-order valence-electron chi connectivity index (χ0n) is 18.1. The molecule has 2 aromatic rings. The van der Waals surface area contributed by atoms with E-state index < -0.39 is 29.1 Å². The van der Waals surface area contributed by atoms with Gasteiger partial charge in [-0.1, -0.05) is 6.07 Å². The van der Waals surface area contributed by atoms with Gasteiger partial charge in [-0.05, 0) is 53.7 Å². The lowest BCUT2D eigenvalue weighted by Crippen LogP contribution is -2.44. The molecule has 0 aliphatic carbocycles. The largest absolute Gasteiger partial charge is 0.504 e. The second-order valence-corrected chi connectivity index (χ2v) is 8.59. The van der Waals surface area contributed by atoms with Crippen LogP contribution in [0.5, 0.6) is 17.2 Å². The van der Waals surface area contributed by atoms with Gasteiger partial charge in [0.2, 0.25) is 0 Å². The number of phenols is 1. The first kappa shape index (κ1) is 24.6. The number of amides is 1. The third-order valence-corrected chi connectivity index (χ3v) is 5.96. The number of nitriles is 1. The van der Waals surface area contributed by atoms with Crippen molar-refractivity contribution >= 4 is 28.9 Å². The van der Waals surface area contributed by atoms with Crippen molar-refractivity contribution in [2.75, 3.05) is 26.2 Å². The van der Waals surface area contributed by atoms with E-state index in [0.29, 0.717) is 41.4 Å². The summed E-state index contributed by atoms with van der Waals surface area (Å²) in [5.74, 6) is -1.64. The number of hydrogen-bond donors (Lipinski definition) is 3. The van der Waals surface area contributed by atoms with Gasteiger partial charge in [0.05, 0.1) is 34.8 Å². The molecule has 4 rings (SSSR count). The lowest BCUT2D eigenvalue weighted by Gasteiger charge is -2.23. The van der Waals surface area contributed by atoms with Crippen molar-refractivity contribution in [2.45, 2.75) is 12.3 Å². The first-order valence-corrected chi connectivity index (χ1v) is 11.3. The highest BCUT2D eigenvalue weighted by atomic mass is 32.2. The van der Waals surface area contributed by atoms with Crippen LogP contribution in [0.15, 0.2) is 46.3 Å². The third-order valence-electron chi connectivity index (χ3n) is 5.02. The molecule has 1 saturated heterocycles. The van der Waals surface area contributed by atoms with E-state index in [1.54, 1.807) is 6.07 Å². The first-order valence-electron chi connectivity index (χ1n) is 10.4. The number of nitrogens with zero attached hydrogens (tertiary/aromatic N) is 2. The van der Waals surface area contributed by atoms with Crippen molar-refractivity contribution in [3.05, 3.63) is 58.0 Å². The van der Waals surface area contributed by atoms with Gasteiger partial charge in [0.15, 0.2) is 16.7 Å². The second-order valence-electron chi connectivity index (χ2n) is 7.56. The number of nitrogens with one attached hydrogen (secondary N) is 2. The van der Waals surface area contributed by atoms with Crippen molar-refractivity contribution in [3.8, 4) is 23.3 Å². The molecule has 8 nitrogen and oxygen atoms in total. The Morgan fingerprint density at radius 2 is 2.11 bits per heavy atom. The topological polar surface area (TPSA) is 116 Å². The molecule has 12 heteroatoms. The summed E-state index contributed by atoms with van der Waals surface area (Å²) in [6, 6.07) is 8.57. The maximum atomic E-state index is 13.4. The number of rotatable bonds is 5. The summed E-state index contributed by atoms with van der Waals surface area (Å²) in [5, 5.41) is 25.9. The summed E-state index contributed by atoms with van der Waals surface area (Å²) in [7, 11) is 0. The van der Waals surface area contributed by atoms with Gasteiger partial charge in [-0.2, -0.15) is 23.4 Å². The molecule has 1 atom stereocenters. The molecule has 2 aliphatic rings. The van der Waals surface area contributed by atoms with E-state index in [2.05, 4.69) is 15.6 Å². The molecule has 0 aromatic heterocycles. The zero-order valence-corrected chi connectivity index (χ0v) is 18.9. The number of halogens is 3. The van der Waals surface area contributed by atoms with Gasteiger partial charge >= 0.3 is 6.18 Å². The molecule has 1 amide bonds. The van der Waals surface area contributed by atoms with E-state index in [9.17, 15) is 23.1 Å². The Morgan fingerprint density at radius 3 is 2.80 bits per heavy atom. The van der Waals surface area contributed by atoms with E-state index in [0.717, 1.165) is 24.4 Å². The Balaban J connectivity index is 1.44. The summed E-state index contributed by atoms with van der Waals surface area (Å²) in [4.78, 5) is 16.5. The summed E-state index contributed by atoms with van der Waals surface area (Å²) < 4.78 is 51.0. The number of ether oxygens (including phenoxy) is 2. The monoisotopic (exact) mass is 504 g/mol. The molecule has 35 heavy (non-hydrogen) atoms. The Hall–Kier alpha value is -3.53. The Bertz CT molecular complexity index is 1230. The first-order chi connectivity index (χ1) is 16.7. The van der Waals surface area contributed by atoms with Crippen molar-refractivity contribution in [3.63, 3.8) is 0 Å². The molecular weight excluding hydrogens is 485 g/mol. The zero-order chi connectivity index (χ0) is 25.0. The number of amidine groups is 1. The number of hydrogen-bond acceptors (Lipinski definition) is 8. The van der Waals surface area contributed by atoms with Gasteiger partial charge in [0.25, 0.3) is 5.91 Å². The van der Waals surface area contributed by atoms with Crippen LogP contribution in [0.1, 0.15) is 16.7 Å². The number of carbonyl (C=O) groups is 1. The lowest BCUT2D eigenvalue weighted by atomic mass is 10.1. The number of benzene rings is 2. The number of aliphatic imine (C=N–C) groups is 1. The van der Waals surface area contributed by atoms with E-state index in [-0.39, 0.29) is 17.4 Å². The highest BCUT2D eigenvalue weighted by Gasteiger charge is 2.35. The average Bonchev–Trinajstić information content (AvgIpc) is 3.18. The predicted molar refractivity (Wildman–Crippen MR) is 123 cm³/mol. The molecule has 182 valence electrons. The van der Waals surface area contributed by atoms with Gasteiger partial charge < -0.3 is 25.2 Å². The normalized spacial score (nSPS) is 19.4. The van der Waals surface area contributed by atoms with Gasteiger partial charge in [0, 0.05) is 19.6 Å². The smallest absolute Gasteiger partial charge is 0.420 e. The van der Waals surface area contributed by atoms with Crippen LogP contribution in [0, 0.1) is 11.3 Å². The third kappa shape index (κ3) is 6.13. The van der Waals surface area contributed by atoms with E-state index in [1.807, 2.05) is 0 Å². The number of morpholine rings is 1. The predicted octanol–water partition coefficient (Wildman–Crippen LogP) is 3.62.